The van der Waals surface area contributed by atoms with Gasteiger partial charge in [-0.05, 0) is 46.5 Å². The van der Waals surface area contributed by atoms with Crippen molar-refractivity contribution in [1.82, 2.24) is 0 Å². The van der Waals surface area contributed by atoms with Gasteiger partial charge in [0.1, 0.15) is 10.6 Å². The molecule has 0 spiro atoms. The maximum Gasteiger partial charge on any atom is 0.339 e. The zero-order chi connectivity index (χ0) is 25.3. The first-order valence-corrected chi connectivity index (χ1v) is 13.5. The fourth-order valence-corrected chi connectivity index (χ4v) is 7.31. The van der Waals surface area contributed by atoms with Crippen LogP contribution in [0.5, 0.6) is 5.75 Å². The summed E-state index contributed by atoms with van der Waals surface area (Å²) in [4.78, 5) is 29.1. The molecule has 0 radical (unpaired) electrons. The molecule has 2 amide bonds. The maximum absolute atomic E-state index is 13.9. The third-order valence-corrected chi connectivity index (χ3v) is 9.02. The van der Waals surface area contributed by atoms with E-state index in [4.69, 9.17) is 4.18 Å². The number of imide groups is 1. The van der Waals surface area contributed by atoms with Gasteiger partial charge in [0.2, 0.25) is 11.8 Å². The van der Waals surface area contributed by atoms with Gasteiger partial charge in [-0.15, -0.1) is 0 Å². The fourth-order valence-electron chi connectivity index (χ4n) is 6.37. The number of anilines is 1. The van der Waals surface area contributed by atoms with Crippen LogP contribution in [0.2, 0.25) is 0 Å². The number of benzene rings is 4. The van der Waals surface area contributed by atoms with Gasteiger partial charge >= 0.3 is 10.1 Å². The van der Waals surface area contributed by atoms with E-state index in [1.54, 1.807) is 30.3 Å². The molecule has 8 rings (SSSR count). The quantitative estimate of drug-likeness (QED) is 0.291. The van der Waals surface area contributed by atoms with Crippen molar-refractivity contribution in [1.29, 1.82) is 0 Å². The highest BCUT2D eigenvalue weighted by molar-refractivity contribution is 7.87. The lowest BCUT2D eigenvalue weighted by Crippen LogP contribution is -2.41. The molecule has 2 bridgehead atoms. The minimum absolute atomic E-state index is 0.0202. The lowest BCUT2D eigenvalue weighted by molar-refractivity contribution is -0.122. The summed E-state index contributed by atoms with van der Waals surface area (Å²) in [5.74, 6) is -1.94. The molecule has 1 heterocycles. The number of rotatable bonds is 4. The predicted molar refractivity (Wildman–Crippen MR) is 137 cm³/mol. The minimum Gasteiger partial charge on any atom is -0.379 e. The van der Waals surface area contributed by atoms with E-state index in [-0.39, 0.29) is 34.3 Å². The Morgan fingerprint density at radius 1 is 0.595 bits per heavy atom. The first-order chi connectivity index (χ1) is 18.0. The summed E-state index contributed by atoms with van der Waals surface area (Å²) in [6.07, 6.45) is 0. The zero-order valence-electron chi connectivity index (χ0n) is 19.5. The van der Waals surface area contributed by atoms with E-state index >= 15 is 0 Å². The van der Waals surface area contributed by atoms with Crippen molar-refractivity contribution in [3.63, 3.8) is 0 Å². The molecule has 0 saturated carbocycles. The first kappa shape index (κ1) is 22.0. The van der Waals surface area contributed by atoms with Gasteiger partial charge in [0.25, 0.3) is 0 Å². The van der Waals surface area contributed by atoms with E-state index < -0.39 is 22.0 Å². The predicted octanol–water partition coefficient (Wildman–Crippen LogP) is 4.85. The summed E-state index contributed by atoms with van der Waals surface area (Å²) in [6, 6.07) is 30.1. The second-order valence-corrected chi connectivity index (χ2v) is 11.2. The van der Waals surface area contributed by atoms with Crippen LogP contribution in [0.15, 0.2) is 108 Å². The van der Waals surface area contributed by atoms with Gasteiger partial charge in [-0.25, -0.2) is 4.90 Å². The Kier molecular flexibility index (Phi) is 4.69. The van der Waals surface area contributed by atoms with Crippen LogP contribution in [0.25, 0.3) is 0 Å². The molecule has 4 aromatic rings. The molecule has 7 heteroatoms. The van der Waals surface area contributed by atoms with Crippen LogP contribution in [0.4, 0.5) is 5.69 Å². The topological polar surface area (TPSA) is 80.8 Å². The number of hydrogen-bond donors (Lipinski definition) is 0. The minimum atomic E-state index is -4.07. The Morgan fingerprint density at radius 3 is 1.59 bits per heavy atom. The monoisotopic (exact) mass is 507 g/mol. The van der Waals surface area contributed by atoms with Crippen LogP contribution in [0.1, 0.15) is 34.1 Å². The molecule has 2 atom stereocenters. The molecule has 182 valence electrons. The lowest BCUT2D eigenvalue weighted by Gasteiger charge is -2.45. The van der Waals surface area contributed by atoms with Crippen LogP contribution in [-0.4, -0.2) is 20.2 Å². The van der Waals surface area contributed by atoms with E-state index in [0.29, 0.717) is 5.69 Å². The Morgan fingerprint density at radius 2 is 1.08 bits per heavy atom. The molecule has 1 saturated heterocycles. The molecular weight excluding hydrogens is 486 g/mol. The normalized spacial score (nSPS) is 23.4. The van der Waals surface area contributed by atoms with E-state index in [1.807, 2.05) is 24.3 Å². The summed E-state index contributed by atoms with van der Waals surface area (Å²) in [7, 11) is -4.07. The molecule has 0 N–H and O–H groups in total. The molecule has 4 aromatic carbocycles. The largest absolute Gasteiger partial charge is 0.379 e. The van der Waals surface area contributed by atoms with Gasteiger partial charge in [0.05, 0.1) is 17.5 Å². The first-order valence-electron chi connectivity index (χ1n) is 12.1. The average Bonchev–Trinajstić information content (AvgIpc) is 3.19. The van der Waals surface area contributed by atoms with Gasteiger partial charge in [0, 0.05) is 17.9 Å². The maximum atomic E-state index is 13.9. The van der Waals surface area contributed by atoms with Crippen LogP contribution >= 0.6 is 0 Å². The number of hydrogen-bond acceptors (Lipinski definition) is 5. The molecule has 3 aliphatic carbocycles. The smallest absolute Gasteiger partial charge is 0.339 e. The van der Waals surface area contributed by atoms with Crippen LogP contribution in [0, 0.1) is 11.8 Å². The summed E-state index contributed by atoms with van der Waals surface area (Å²) < 4.78 is 30.8. The van der Waals surface area contributed by atoms with E-state index in [9.17, 15) is 18.0 Å². The van der Waals surface area contributed by atoms with Gasteiger partial charge < -0.3 is 4.18 Å². The van der Waals surface area contributed by atoms with Crippen molar-refractivity contribution in [3.8, 4) is 5.75 Å². The van der Waals surface area contributed by atoms with Crippen molar-refractivity contribution in [2.45, 2.75) is 16.7 Å². The van der Waals surface area contributed by atoms with Gasteiger partial charge in [0.15, 0.2) is 0 Å². The molecule has 1 aliphatic heterocycles. The summed E-state index contributed by atoms with van der Waals surface area (Å²) >= 11 is 0. The third-order valence-electron chi connectivity index (χ3n) is 7.76. The molecule has 37 heavy (non-hydrogen) atoms. The highest BCUT2D eigenvalue weighted by Crippen LogP contribution is 2.61. The van der Waals surface area contributed by atoms with E-state index in [0.717, 1.165) is 22.3 Å². The standard InChI is InChI=1S/C30H21NO5S/c32-29-27-25-21-13-4-5-14-22(21)26(24-16-7-6-15-23(24)25)28(27)30(33)31(29)18-9-8-10-19(17-18)36-37(34,35)20-11-2-1-3-12-20/h1-17,25-28H/t25?,26?,27-,28-/m1/s1. The van der Waals surface area contributed by atoms with E-state index in [1.165, 1.54) is 29.2 Å². The van der Waals surface area contributed by atoms with Crippen LogP contribution in [0.3, 0.4) is 0 Å². The van der Waals surface area contributed by atoms with Crippen molar-refractivity contribution in [3.05, 3.63) is 125 Å². The second-order valence-electron chi connectivity index (χ2n) is 9.62. The summed E-state index contributed by atoms with van der Waals surface area (Å²) in [5.41, 5.74) is 4.70. The molecule has 6 nitrogen and oxygen atoms in total. The molecule has 4 aliphatic rings. The lowest BCUT2D eigenvalue weighted by atomic mass is 9.55. The zero-order valence-corrected chi connectivity index (χ0v) is 20.3. The number of carbonyl (C=O) groups excluding carboxylic acids is 2. The van der Waals surface area contributed by atoms with Gasteiger partial charge in [-0.2, -0.15) is 8.42 Å². The van der Waals surface area contributed by atoms with Crippen molar-refractivity contribution in [2.24, 2.45) is 11.8 Å². The van der Waals surface area contributed by atoms with Gasteiger partial charge in [-0.3, -0.25) is 9.59 Å². The van der Waals surface area contributed by atoms with Gasteiger partial charge in [-0.1, -0.05) is 72.8 Å². The summed E-state index contributed by atoms with van der Waals surface area (Å²) in [5, 5.41) is 0. The number of amides is 2. The Balaban J connectivity index is 1.28. The molecular formula is C30H21NO5S. The van der Waals surface area contributed by atoms with Crippen LogP contribution in [-0.2, 0) is 19.7 Å². The highest BCUT2D eigenvalue weighted by Gasteiger charge is 2.61. The van der Waals surface area contributed by atoms with E-state index in [2.05, 4.69) is 24.3 Å². The SMILES string of the molecule is O=C1[C@@H]2C3c4ccccc4C(c4ccccc43)[C@H]2C(=O)N1c1cccc(OS(=O)(=O)c2ccccc2)c1. The molecule has 0 aromatic heterocycles. The third kappa shape index (κ3) is 3.13. The number of nitrogens with zero attached hydrogens (tertiary/aromatic N) is 1. The molecule has 1 fully saturated rings. The number of carbonyl (C=O) groups is 2. The Labute approximate surface area is 214 Å². The van der Waals surface area contributed by atoms with Crippen LogP contribution < -0.4 is 9.08 Å². The average molecular weight is 508 g/mol. The highest BCUT2D eigenvalue weighted by atomic mass is 32.2. The second kappa shape index (κ2) is 7.88. The fraction of sp³-hybridized carbons (Fsp3) is 0.133. The van der Waals surface area contributed by atoms with Crippen molar-refractivity contribution >= 4 is 27.6 Å². The van der Waals surface area contributed by atoms with Crippen molar-refractivity contribution < 1.29 is 22.2 Å². The Hall–Kier alpha value is -4.23. The molecule has 0 unspecified atom stereocenters. The Bertz CT molecular complexity index is 1580. The van der Waals surface area contributed by atoms with Crippen molar-refractivity contribution in [2.75, 3.05) is 4.90 Å². The summed E-state index contributed by atoms with van der Waals surface area (Å²) in [6.45, 7) is 0.